The van der Waals surface area contributed by atoms with Crippen LogP contribution in [0.2, 0.25) is 0 Å². The van der Waals surface area contributed by atoms with Crippen molar-refractivity contribution >= 4 is 5.97 Å². The van der Waals surface area contributed by atoms with Crippen LogP contribution < -0.4 is 4.74 Å². The molecule has 164 valence electrons. The minimum Gasteiger partial charge on any atom is -0.496 e. The average Bonchev–Trinajstić information content (AvgIpc) is 3.13. The zero-order valence-electron chi connectivity index (χ0n) is 18.4. The summed E-state index contributed by atoms with van der Waals surface area (Å²) in [7, 11) is 1.71. The third-order valence-electron chi connectivity index (χ3n) is 6.99. The summed E-state index contributed by atoms with van der Waals surface area (Å²) in [5, 5.41) is 0. The highest BCUT2D eigenvalue weighted by Crippen LogP contribution is 2.47. The molecule has 0 N–H and O–H groups in total. The molecular weight excluding hydrogens is 398 g/mol. The van der Waals surface area contributed by atoms with Crippen LogP contribution in [0.3, 0.4) is 0 Å². The van der Waals surface area contributed by atoms with Crippen molar-refractivity contribution < 1.29 is 14.3 Å². The summed E-state index contributed by atoms with van der Waals surface area (Å²) in [6.45, 7) is 0.883. The third kappa shape index (κ3) is 4.03. The fourth-order valence-corrected chi connectivity index (χ4v) is 5.51. The number of esters is 1. The van der Waals surface area contributed by atoms with E-state index in [1.807, 2.05) is 48.5 Å². The molecule has 4 nitrogen and oxygen atoms in total. The smallest absolute Gasteiger partial charge is 0.338 e. The fourth-order valence-electron chi connectivity index (χ4n) is 5.51. The van der Waals surface area contributed by atoms with Crippen molar-refractivity contribution in [1.82, 2.24) is 4.90 Å². The molecule has 4 atom stereocenters. The number of carbonyl (C=O) groups is 1. The molecule has 2 aliphatic rings. The predicted octanol–water partition coefficient (Wildman–Crippen LogP) is 5.44. The average molecular weight is 428 g/mol. The molecule has 3 aromatic rings. The molecule has 0 aromatic heterocycles. The summed E-state index contributed by atoms with van der Waals surface area (Å²) in [5.74, 6) is 0.734. The van der Waals surface area contributed by atoms with Gasteiger partial charge in [0, 0.05) is 30.1 Å². The zero-order chi connectivity index (χ0) is 21.9. The van der Waals surface area contributed by atoms with Crippen molar-refractivity contribution in [3.05, 3.63) is 102 Å². The molecule has 0 amide bonds. The quantitative estimate of drug-likeness (QED) is 0.491. The van der Waals surface area contributed by atoms with E-state index in [4.69, 9.17) is 9.47 Å². The molecule has 0 unspecified atom stereocenters. The lowest BCUT2D eigenvalue weighted by atomic mass is 9.81. The number of ether oxygens (including phenoxy) is 2. The van der Waals surface area contributed by atoms with Crippen LogP contribution in [-0.4, -0.2) is 36.2 Å². The maximum absolute atomic E-state index is 13.1. The first kappa shape index (κ1) is 20.8. The molecule has 5 rings (SSSR count). The molecule has 32 heavy (non-hydrogen) atoms. The highest BCUT2D eigenvalue weighted by Gasteiger charge is 2.50. The van der Waals surface area contributed by atoms with Crippen molar-refractivity contribution in [3.63, 3.8) is 0 Å². The van der Waals surface area contributed by atoms with Crippen LogP contribution in [0.4, 0.5) is 0 Å². The van der Waals surface area contributed by atoms with Crippen LogP contribution in [0.15, 0.2) is 84.9 Å². The maximum atomic E-state index is 13.1. The minimum absolute atomic E-state index is 0.114. The molecule has 2 saturated heterocycles. The van der Waals surface area contributed by atoms with Crippen LogP contribution in [0.25, 0.3) is 0 Å². The summed E-state index contributed by atoms with van der Waals surface area (Å²) in [6.07, 6.45) is 2.90. The molecule has 2 bridgehead atoms. The second-order valence-corrected chi connectivity index (χ2v) is 8.78. The van der Waals surface area contributed by atoms with E-state index in [9.17, 15) is 4.79 Å². The van der Waals surface area contributed by atoms with E-state index < -0.39 is 0 Å². The Labute approximate surface area is 189 Å². The van der Waals surface area contributed by atoms with Gasteiger partial charge >= 0.3 is 5.97 Å². The van der Waals surface area contributed by atoms with Crippen LogP contribution >= 0.6 is 0 Å². The summed E-state index contributed by atoms with van der Waals surface area (Å²) < 4.78 is 12.0. The van der Waals surface area contributed by atoms with Gasteiger partial charge < -0.3 is 9.47 Å². The lowest BCUT2D eigenvalue weighted by Gasteiger charge is -2.44. The summed E-state index contributed by atoms with van der Waals surface area (Å²) >= 11 is 0. The number of nitrogens with zero attached hydrogens (tertiary/aromatic N) is 1. The molecule has 0 saturated carbocycles. The van der Waals surface area contributed by atoms with Gasteiger partial charge in [-0.05, 0) is 43.0 Å². The molecule has 0 spiro atoms. The van der Waals surface area contributed by atoms with Gasteiger partial charge in [0.1, 0.15) is 11.9 Å². The molecular formula is C28H29NO3. The molecule has 0 radical (unpaired) electrons. The Hall–Kier alpha value is -3.11. The Morgan fingerprint density at radius 1 is 0.906 bits per heavy atom. The van der Waals surface area contributed by atoms with E-state index in [-0.39, 0.29) is 24.0 Å². The van der Waals surface area contributed by atoms with Crippen molar-refractivity contribution in [2.24, 2.45) is 0 Å². The number of carbonyl (C=O) groups excluding carboxylic acids is 1. The Morgan fingerprint density at radius 3 is 2.34 bits per heavy atom. The molecule has 2 heterocycles. The van der Waals surface area contributed by atoms with Gasteiger partial charge in [-0.25, -0.2) is 4.79 Å². The van der Waals surface area contributed by atoms with E-state index in [1.165, 1.54) is 5.56 Å². The maximum Gasteiger partial charge on any atom is 0.338 e. The number of piperidine rings is 1. The van der Waals surface area contributed by atoms with E-state index in [1.54, 1.807) is 7.11 Å². The molecule has 2 fully saturated rings. The highest BCUT2D eigenvalue weighted by atomic mass is 16.5. The third-order valence-corrected chi connectivity index (χ3v) is 6.99. The van der Waals surface area contributed by atoms with Crippen LogP contribution in [0, 0.1) is 0 Å². The van der Waals surface area contributed by atoms with Crippen molar-refractivity contribution in [3.8, 4) is 5.75 Å². The van der Waals surface area contributed by atoms with Crippen molar-refractivity contribution in [2.45, 2.75) is 49.9 Å². The second-order valence-electron chi connectivity index (χ2n) is 8.78. The standard InChI is InChI=1S/C28H29NO3/c1-31-26-15-9-8-14-23(26)24-18-22-16-17-25(29(22)19-20-10-4-2-5-11-20)27(24)32-28(30)21-12-6-3-7-13-21/h2-15,22,24-25,27H,16-19H2,1H3/t22-,24-,25+,27-/m1/s1. The molecule has 2 aliphatic heterocycles. The van der Waals surface area contributed by atoms with E-state index in [2.05, 4.69) is 41.3 Å². The molecule has 0 aliphatic carbocycles. The van der Waals surface area contributed by atoms with E-state index >= 15 is 0 Å². The minimum atomic E-state index is -0.250. The van der Waals surface area contributed by atoms with Gasteiger partial charge in [-0.2, -0.15) is 0 Å². The largest absolute Gasteiger partial charge is 0.496 e. The first-order chi connectivity index (χ1) is 15.7. The van der Waals surface area contributed by atoms with Crippen LogP contribution in [0.5, 0.6) is 5.75 Å². The van der Waals surface area contributed by atoms with Crippen LogP contribution in [0.1, 0.15) is 46.7 Å². The number of para-hydroxylation sites is 1. The number of rotatable bonds is 6. The van der Waals surface area contributed by atoms with Gasteiger partial charge in [-0.1, -0.05) is 66.7 Å². The SMILES string of the molecule is COc1ccccc1[C@H]1C[C@H]2CC[C@@H]([C@@H]1OC(=O)c1ccccc1)N2Cc1ccccc1. The molecule has 3 aromatic carbocycles. The number of hydrogen-bond donors (Lipinski definition) is 0. The first-order valence-corrected chi connectivity index (χ1v) is 11.4. The van der Waals surface area contributed by atoms with Crippen LogP contribution in [-0.2, 0) is 11.3 Å². The van der Waals surface area contributed by atoms with Crippen molar-refractivity contribution in [2.75, 3.05) is 7.11 Å². The van der Waals surface area contributed by atoms with Gasteiger partial charge in [-0.15, -0.1) is 0 Å². The van der Waals surface area contributed by atoms with E-state index in [0.717, 1.165) is 37.1 Å². The highest BCUT2D eigenvalue weighted by molar-refractivity contribution is 5.89. The lowest BCUT2D eigenvalue weighted by molar-refractivity contribution is -0.0345. The predicted molar refractivity (Wildman–Crippen MR) is 125 cm³/mol. The number of hydrogen-bond acceptors (Lipinski definition) is 4. The first-order valence-electron chi connectivity index (χ1n) is 11.4. The Kier molecular flexibility index (Phi) is 5.95. The Balaban J connectivity index is 1.48. The van der Waals surface area contributed by atoms with Gasteiger partial charge in [0.15, 0.2) is 0 Å². The van der Waals surface area contributed by atoms with Gasteiger partial charge in [0.05, 0.1) is 12.7 Å². The number of methoxy groups -OCH3 is 1. The number of benzene rings is 3. The Morgan fingerprint density at radius 2 is 1.59 bits per heavy atom. The summed E-state index contributed by atoms with van der Waals surface area (Å²) in [6, 6.07) is 28.7. The molecule has 4 heteroatoms. The number of fused-ring (bicyclic) bond motifs is 2. The topological polar surface area (TPSA) is 38.8 Å². The zero-order valence-corrected chi connectivity index (χ0v) is 18.4. The fraction of sp³-hybridized carbons (Fsp3) is 0.321. The van der Waals surface area contributed by atoms with Gasteiger partial charge in [-0.3, -0.25) is 4.90 Å². The monoisotopic (exact) mass is 427 g/mol. The lowest BCUT2D eigenvalue weighted by Crippen LogP contribution is -2.52. The van der Waals surface area contributed by atoms with E-state index in [0.29, 0.717) is 11.6 Å². The summed E-state index contributed by atoms with van der Waals surface area (Å²) in [4.78, 5) is 15.7. The van der Waals surface area contributed by atoms with Gasteiger partial charge in [0.2, 0.25) is 0 Å². The van der Waals surface area contributed by atoms with Gasteiger partial charge in [0.25, 0.3) is 0 Å². The summed E-state index contributed by atoms with van der Waals surface area (Å²) in [5.41, 5.74) is 3.03. The second kappa shape index (κ2) is 9.17. The Bertz CT molecular complexity index is 1050. The normalized spacial score (nSPS) is 24.8. The van der Waals surface area contributed by atoms with Crippen molar-refractivity contribution in [1.29, 1.82) is 0 Å².